The number of carbonyl (C=O) groups excluding carboxylic acids is 1. The van der Waals surface area contributed by atoms with E-state index in [1.54, 1.807) is 6.08 Å². The van der Waals surface area contributed by atoms with Crippen molar-refractivity contribution in [2.24, 2.45) is 4.99 Å². The van der Waals surface area contributed by atoms with E-state index in [9.17, 15) is 18.0 Å². The van der Waals surface area contributed by atoms with E-state index >= 15 is 0 Å². The SMILES string of the molecule is COC(=O)/C=C/c1ccccc1N=C([Te]c1ccccc1)C(NCc1ccccc1)c1ccc(C(F)(F)F)cc1. The van der Waals surface area contributed by atoms with E-state index < -0.39 is 44.7 Å². The van der Waals surface area contributed by atoms with E-state index in [4.69, 9.17) is 9.73 Å². The van der Waals surface area contributed by atoms with Crippen molar-refractivity contribution in [3.8, 4) is 0 Å². The van der Waals surface area contributed by atoms with Crippen molar-refractivity contribution in [2.75, 3.05) is 7.11 Å². The maximum absolute atomic E-state index is 13.4. The summed E-state index contributed by atoms with van der Waals surface area (Å²) in [6, 6.07) is 32.0. The van der Waals surface area contributed by atoms with Gasteiger partial charge in [0.25, 0.3) is 0 Å². The third-order valence-electron chi connectivity index (χ3n) is 5.90. The van der Waals surface area contributed by atoms with Gasteiger partial charge in [-0.25, -0.2) is 0 Å². The van der Waals surface area contributed by atoms with Crippen molar-refractivity contribution in [3.63, 3.8) is 0 Å². The minimum absolute atomic E-state index is 0.442. The first kappa shape index (κ1) is 29.3. The molecule has 0 bridgehead atoms. The Morgan fingerprint density at radius 3 is 2.17 bits per heavy atom. The summed E-state index contributed by atoms with van der Waals surface area (Å²) >= 11 is -1.07. The Bertz CT molecular complexity index is 1460. The number of hydrogen-bond donors (Lipinski definition) is 1. The van der Waals surface area contributed by atoms with Gasteiger partial charge in [0.05, 0.1) is 0 Å². The molecule has 0 fully saturated rings. The number of hydrogen-bond acceptors (Lipinski definition) is 4. The second-order valence-corrected chi connectivity index (χ2v) is 11.8. The zero-order valence-corrected chi connectivity index (χ0v) is 24.0. The topological polar surface area (TPSA) is 50.7 Å². The van der Waals surface area contributed by atoms with Crippen LogP contribution in [0.1, 0.15) is 28.3 Å². The Hall–Kier alpha value is -3.70. The third kappa shape index (κ3) is 8.40. The molecule has 0 amide bonds. The first-order valence-electron chi connectivity index (χ1n) is 12.4. The molecule has 0 saturated carbocycles. The molecular weight excluding hydrogens is 629 g/mol. The first-order chi connectivity index (χ1) is 19.3. The Morgan fingerprint density at radius 2 is 1.52 bits per heavy atom. The van der Waals surface area contributed by atoms with Gasteiger partial charge in [0.1, 0.15) is 0 Å². The number of methoxy groups -OCH3 is 1. The van der Waals surface area contributed by atoms with E-state index in [0.29, 0.717) is 17.8 Å². The maximum atomic E-state index is 13.4. The average molecular weight is 656 g/mol. The second kappa shape index (κ2) is 14.1. The quantitative estimate of drug-likeness (QED) is 0.0921. The van der Waals surface area contributed by atoms with Gasteiger partial charge in [-0.1, -0.05) is 0 Å². The number of carbonyl (C=O) groups is 1. The summed E-state index contributed by atoms with van der Waals surface area (Å²) in [5.41, 5.74) is 2.40. The van der Waals surface area contributed by atoms with Gasteiger partial charge in [-0.05, 0) is 0 Å². The van der Waals surface area contributed by atoms with Crippen molar-refractivity contribution in [3.05, 3.63) is 138 Å². The molecule has 0 aliphatic carbocycles. The van der Waals surface area contributed by atoms with Gasteiger partial charge in [-0.3, -0.25) is 0 Å². The van der Waals surface area contributed by atoms with Crippen LogP contribution in [0.3, 0.4) is 0 Å². The van der Waals surface area contributed by atoms with Crippen LogP contribution in [0.4, 0.5) is 18.9 Å². The number of aliphatic imine (C=N–C) groups is 1. The van der Waals surface area contributed by atoms with Crippen molar-refractivity contribution in [2.45, 2.75) is 18.8 Å². The van der Waals surface area contributed by atoms with Crippen LogP contribution < -0.4 is 8.93 Å². The number of nitrogens with one attached hydrogen (secondary N) is 1. The molecule has 0 heterocycles. The monoisotopic (exact) mass is 658 g/mol. The van der Waals surface area contributed by atoms with Crippen LogP contribution >= 0.6 is 0 Å². The van der Waals surface area contributed by atoms with Crippen LogP contribution in [0, 0.1) is 0 Å². The molecule has 1 atom stereocenters. The molecule has 0 aromatic heterocycles. The molecule has 8 heteroatoms. The van der Waals surface area contributed by atoms with Gasteiger partial charge in [-0.2, -0.15) is 0 Å². The molecular formula is C32H27F3N2O2Te. The summed E-state index contributed by atoms with van der Waals surface area (Å²) in [5.74, 6) is -0.482. The number of nitrogens with zero attached hydrogens (tertiary/aromatic N) is 1. The molecule has 0 aliphatic heterocycles. The van der Waals surface area contributed by atoms with Gasteiger partial charge >= 0.3 is 242 Å². The zero-order chi connectivity index (χ0) is 28.4. The normalized spacial score (nSPS) is 12.8. The van der Waals surface area contributed by atoms with Gasteiger partial charge < -0.3 is 0 Å². The first-order valence-corrected chi connectivity index (χ1v) is 14.8. The van der Waals surface area contributed by atoms with Crippen molar-refractivity contribution in [1.82, 2.24) is 5.32 Å². The molecule has 0 saturated heterocycles. The van der Waals surface area contributed by atoms with Crippen LogP contribution in [0.25, 0.3) is 6.08 Å². The molecule has 0 spiro atoms. The third-order valence-corrected chi connectivity index (χ3v) is 8.88. The fourth-order valence-electron chi connectivity index (χ4n) is 3.86. The standard InChI is InChI=1S/C32H27F3N2O2Te/c1-39-29(38)21-18-24-12-8-9-15-28(24)37-31(40-27-13-6-3-7-14-27)30(36-22-23-10-4-2-5-11-23)25-16-19-26(20-17-25)32(33,34)35/h2-21,30,36H,22H2,1H3/b21-18+,37-31?. The van der Waals surface area contributed by atoms with Crippen molar-refractivity contribution < 1.29 is 22.7 Å². The Labute approximate surface area is 241 Å². The van der Waals surface area contributed by atoms with E-state index in [-0.39, 0.29) is 0 Å². The Kier molecular flexibility index (Phi) is 10.3. The molecule has 4 nitrogen and oxygen atoms in total. The molecule has 1 unspecified atom stereocenters. The summed E-state index contributed by atoms with van der Waals surface area (Å²) in [6.45, 7) is 0.497. The fraction of sp³-hybridized carbons (Fsp3) is 0.125. The molecule has 4 rings (SSSR count). The number of halogens is 3. The summed E-state index contributed by atoms with van der Waals surface area (Å²) < 4.78 is 46.8. The molecule has 40 heavy (non-hydrogen) atoms. The minimum atomic E-state index is -4.43. The summed E-state index contributed by atoms with van der Waals surface area (Å²) in [5, 5.41) is 3.56. The van der Waals surface area contributed by atoms with E-state index in [2.05, 4.69) is 5.32 Å². The molecule has 0 radical (unpaired) electrons. The van der Waals surface area contributed by atoms with Gasteiger partial charge in [-0.15, -0.1) is 0 Å². The summed E-state index contributed by atoms with van der Waals surface area (Å²) in [4.78, 5) is 16.8. The van der Waals surface area contributed by atoms with Crippen molar-refractivity contribution >= 4 is 46.0 Å². The van der Waals surface area contributed by atoms with Gasteiger partial charge in [0, 0.05) is 0 Å². The second-order valence-electron chi connectivity index (χ2n) is 8.70. The Morgan fingerprint density at radius 1 is 0.900 bits per heavy atom. The van der Waals surface area contributed by atoms with Crippen LogP contribution in [-0.4, -0.2) is 37.8 Å². The predicted octanol–water partition coefficient (Wildman–Crippen LogP) is 6.48. The van der Waals surface area contributed by atoms with Gasteiger partial charge in [0.15, 0.2) is 0 Å². The molecule has 0 aliphatic rings. The summed E-state index contributed by atoms with van der Waals surface area (Å²) in [7, 11) is 1.31. The van der Waals surface area contributed by atoms with E-state index in [1.807, 2.05) is 84.9 Å². The van der Waals surface area contributed by atoms with Crippen LogP contribution in [0.15, 0.2) is 120 Å². The Balaban J connectivity index is 1.81. The molecule has 204 valence electrons. The predicted molar refractivity (Wildman–Crippen MR) is 154 cm³/mol. The number of para-hydroxylation sites is 1. The zero-order valence-electron chi connectivity index (χ0n) is 21.6. The van der Waals surface area contributed by atoms with Crippen LogP contribution in [0.2, 0.25) is 0 Å². The molecule has 4 aromatic rings. The number of rotatable bonds is 10. The number of benzene rings is 4. The molecule has 4 aromatic carbocycles. The number of esters is 1. The van der Waals surface area contributed by atoms with Gasteiger partial charge in [0.2, 0.25) is 0 Å². The fourth-order valence-corrected chi connectivity index (χ4v) is 6.76. The number of alkyl halides is 3. The summed E-state index contributed by atoms with van der Waals surface area (Å²) in [6.07, 6.45) is -1.44. The van der Waals surface area contributed by atoms with Crippen molar-refractivity contribution in [1.29, 1.82) is 0 Å². The van der Waals surface area contributed by atoms with Crippen LogP contribution in [0.5, 0.6) is 0 Å². The average Bonchev–Trinajstić information content (AvgIpc) is 2.97. The van der Waals surface area contributed by atoms with E-state index in [0.717, 1.165) is 30.6 Å². The van der Waals surface area contributed by atoms with Crippen LogP contribution in [-0.2, 0) is 22.3 Å². The van der Waals surface area contributed by atoms with E-state index in [1.165, 1.54) is 25.3 Å². The number of ether oxygens (including phenoxy) is 1. The molecule has 1 N–H and O–H groups in total.